The molecule has 0 saturated heterocycles. The van der Waals surface area contributed by atoms with Gasteiger partial charge in [-0.15, -0.1) is 0 Å². The maximum absolute atomic E-state index is 10.5. The molecule has 3 unspecified atom stereocenters. The Kier molecular flexibility index (Phi) is 3.46. The summed E-state index contributed by atoms with van der Waals surface area (Å²) < 4.78 is 8.16. The van der Waals surface area contributed by atoms with Crippen molar-refractivity contribution in [2.24, 2.45) is 5.41 Å². The standard InChI is InChI=1S/C17H27NO2/c1-11-8-12-14(9-17(2,3)10-15(12)19)18(11)13-6-5-7-16(13)20-4/h8,13,15-16,19H,5-7,9-10H2,1-4H3. The van der Waals surface area contributed by atoms with Crippen LogP contribution in [0.3, 0.4) is 0 Å². The molecule has 0 radical (unpaired) electrons. The second-order valence-corrected chi connectivity index (χ2v) is 7.39. The average Bonchev–Trinajstić information content (AvgIpc) is 2.91. The van der Waals surface area contributed by atoms with Crippen LogP contribution in [0.4, 0.5) is 0 Å². The van der Waals surface area contributed by atoms with Crippen molar-refractivity contribution >= 4 is 0 Å². The van der Waals surface area contributed by atoms with E-state index in [9.17, 15) is 5.11 Å². The highest BCUT2D eigenvalue weighted by Gasteiger charge is 2.38. The highest BCUT2D eigenvalue weighted by molar-refractivity contribution is 5.34. The van der Waals surface area contributed by atoms with Crippen LogP contribution in [0.5, 0.6) is 0 Å². The molecule has 2 aliphatic carbocycles. The molecule has 0 amide bonds. The summed E-state index contributed by atoms with van der Waals surface area (Å²) in [5.74, 6) is 0. The van der Waals surface area contributed by atoms with Crippen molar-refractivity contribution in [3.8, 4) is 0 Å². The van der Waals surface area contributed by atoms with Gasteiger partial charge in [-0.1, -0.05) is 13.8 Å². The fourth-order valence-corrected chi connectivity index (χ4v) is 4.30. The lowest BCUT2D eigenvalue weighted by atomic mass is 9.75. The molecular formula is C17H27NO2. The van der Waals surface area contributed by atoms with Gasteiger partial charge in [0, 0.05) is 24.1 Å². The predicted molar refractivity (Wildman–Crippen MR) is 79.9 cm³/mol. The molecule has 1 aromatic heterocycles. The lowest BCUT2D eigenvalue weighted by molar-refractivity contribution is 0.0686. The number of aryl methyl sites for hydroxylation is 1. The third kappa shape index (κ3) is 2.21. The zero-order chi connectivity index (χ0) is 14.5. The predicted octanol–water partition coefficient (Wildman–Crippen LogP) is 3.54. The maximum Gasteiger partial charge on any atom is 0.0812 e. The smallest absolute Gasteiger partial charge is 0.0812 e. The van der Waals surface area contributed by atoms with E-state index in [4.69, 9.17) is 4.74 Å². The van der Waals surface area contributed by atoms with E-state index in [0.717, 1.165) is 24.8 Å². The van der Waals surface area contributed by atoms with Gasteiger partial charge in [0.2, 0.25) is 0 Å². The van der Waals surface area contributed by atoms with Crippen LogP contribution in [0.25, 0.3) is 0 Å². The van der Waals surface area contributed by atoms with E-state index in [-0.39, 0.29) is 11.5 Å². The van der Waals surface area contributed by atoms with E-state index in [1.165, 1.54) is 24.2 Å². The highest BCUT2D eigenvalue weighted by Crippen LogP contribution is 2.45. The summed E-state index contributed by atoms with van der Waals surface area (Å²) in [6.07, 6.45) is 5.52. The molecule has 3 nitrogen and oxygen atoms in total. The van der Waals surface area contributed by atoms with Crippen LogP contribution in [0.15, 0.2) is 6.07 Å². The van der Waals surface area contributed by atoms with Gasteiger partial charge < -0.3 is 14.4 Å². The first-order chi connectivity index (χ1) is 9.43. The summed E-state index contributed by atoms with van der Waals surface area (Å²) in [6.45, 7) is 6.69. The molecule has 3 atom stereocenters. The molecule has 20 heavy (non-hydrogen) atoms. The molecule has 1 saturated carbocycles. The molecule has 3 heteroatoms. The number of aliphatic hydroxyl groups is 1. The highest BCUT2D eigenvalue weighted by atomic mass is 16.5. The van der Waals surface area contributed by atoms with Gasteiger partial charge in [-0.25, -0.2) is 0 Å². The molecule has 1 fully saturated rings. The van der Waals surface area contributed by atoms with Crippen molar-refractivity contribution in [3.05, 3.63) is 23.0 Å². The van der Waals surface area contributed by atoms with Gasteiger partial charge in [0.15, 0.2) is 0 Å². The van der Waals surface area contributed by atoms with Crippen molar-refractivity contribution in [2.45, 2.75) is 71.1 Å². The minimum absolute atomic E-state index is 0.177. The van der Waals surface area contributed by atoms with Gasteiger partial charge >= 0.3 is 0 Å². The number of aromatic nitrogens is 1. The number of aliphatic hydroxyl groups excluding tert-OH is 1. The first-order valence-corrected chi connectivity index (χ1v) is 7.84. The summed E-state index contributed by atoms with van der Waals surface area (Å²) >= 11 is 0. The topological polar surface area (TPSA) is 34.4 Å². The monoisotopic (exact) mass is 277 g/mol. The number of hydrogen-bond donors (Lipinski definition) is 1. The molecule has 2 aliphatic rings. The number of hydrogen-bond acceptors (Lipinski definition) is 2. The third-order valence-corrected chi connectivity index (χ3v) is 5.17. The Hall–Kier alpha value is -0.800. The minimum Gasteiger partial charge on any atom is -0.388 e. The first-order valence-electron chi connectivity index (χ1n) is 7.84. The first kappa shape index (κ1) is 14.2. The Labute approximate surface area is 121 Å². The van der Waals surface area contributed by atoms with Crippen molar-refractivity contribution in [1.29, 1.82) is 0 Å². The van der Waals surface area contributed by atoms with Gasteiger partial charge in [-0.3, -0.25) is 0 Å². The Bertz CT molecular complexity index is 503. The van der Waals surface area contributed by atoms with Gasteiger partial charge in [0.1, 0.15) is 0 Å². The van der Waals surface area contributed by atoms with E-state index in [1.807, 2.05) is 7.11 Å². The number of rotatable bonds is 2. The summed E-state index contributed by atoms with van der Waals surface area (Å²) in [6, 6.07) is 2.64. The van der Waals surface area contributed by atoms with Gasteiger partial charge in [0.25, 0.3) is 0 Å². The number of fused-ring (bicyclic) bond motifs is 1. The maximum atomic E-state index is 10.5. The molecule has 0 aliphatic heterocycles. The zero-order valence-corrected chi connectivity index (χ0v) is 13.1. The number of methoxy groups -OCH3 is 1. The molecular weight excluding hydrogens is 250 g/mol. The number of nitrogens with zero attached hydrogens (tertiary/aromatic N) is 1. The Morgan fingerprint density at radius 3 is 2.80 bits per heavy atom. The summed E-state index contributed by atoms with van der Waals surface area (Å²) in [5.41, 5.74) is 3.96. The molecule has 1 aromatic rings. The van der Waals surface area contributed by atoms with Crippen molar-refractivity contribution < 1.29 is 9.84 Å². The second kappa shape index (κ2) is 4.88. The van der Waals surface area contributed by atoms with Crippen LogP contribution in [0.1, 0.15) is 68.6 Å². The molecule has 0 spiro atoms. The van der Waals surface area contributed by atoms with E-state index in [1.54, 1.807) is 0 Å². The van der Waals surface area contributed by atoms with Crippen molar-refractivity contribution in [2.75, 3.05) is 7.11 Å². The molecule has 1 N–H and O–H groups in total. The molecule has 3 rings (SSSR count). The zero-order valence-electron chi connectivity index (χ0n) is 13.1. The van der Waals surface area contributed by atoms with E-state index < -0.39 is 0 Å². The molecule has 0 bridgehead atoms. The van der Waals surface area contributed by atoms with Gasteiger partial charge in [-0.2, -0.15) is 0 Å². The fraction of sp³-hybridized carbons (Fsp3) is 0.765. The van der Waals surface area contributed by atoms with E-state index in [0.29, 0.717) is 12.1 Å². The van der Waals surface area contributed by atoms with Crippen LogP contribution in [0.2, 0.25) is 0 Å². The van der Waals surface area contributed by atoms with Crippen molar-refractivity contribution in [3.63, 3.8) is 0 Å². The number of ether oxygens (including phenoxy) is 1. The van der Waals surface area contributed by atoms with Crippen LogP contribution in [-0.2, 0) is 11.2 Å². The molecule has 1 heterocycles. The second-order valence-electron chi connectivity index (χ2n) is 7.39. The van der Waals surface area contributed by atoms with E-state index >= 15 is 0 Å². The Morgan fingerprint density at radius 2 is 2.10 bits per heavy atom. The quantitative estimate of drug-likeness (QED) is 0.897. The molecule has 0 aromatic carbocycles. The summed E-state index contributed by atoms with van der Waals surface area (Å²) in [7, 11) is 1.83. The lowest BCUT2D eigenvalue weighted by Gasteiger charge is -2.35. The third-order valence-electron chi connectivity index (χ3n) is 5.17. The summed E-state index contributed by atoms with van der Waals surface area (Å²) in [5, 5.41) is 10.5. The van der Waals surface area contributed by atoms with Gasteiger partial charge in [-0.05, 0) is 50.5 Å². The summed E-state index contributed by atoms with van der Waals surface area (Å²) in [4.78, 5) is 0. The lowest BCUT2D eigenvalue weighted by Crippen LogP contribution is -2.30. The van der Waals surface area contributed by atoms with Crippen molar-refractivity contribution in [1.82, 2.24) is 4.57 Å². The normalized spacial score (nSPS) is 32.4. The Morgan fingerprint density at radius 1 is 1.35 bits per heavy atom. The van der Waals surface area contributed by atoms with Gasteiger partial charge in [0.05, 0.1) is 18.2 Å². The largest absolute Gasteiger partial charge is 0.388 e. The Balaban J connectivity index is 2.04. The average molecular weight is 277 g/mol. The minimum atomic E-state index is -0.309. The van der Waals surface area contributed by atoms with Crippen LogP contribution in [0, 0.1) is 12.3 Å². The van der Waals surface area contributed by atoms with E-state index in [2.05, 4.69) is 31.4 Å². The van der Waals surface area contributed by atoms with Crippen LogP contribution in [-0.4, -0.2) is 22.9 Å². The fourth-order valence-electron chi connectivity index (χ4n) is 4.30. The van der Waals surface area contributed by atoms with Crippen LogP contribution < -0.4 is 0 Å². The van der Waals surface area contributed by atoms with Crippen LogP contribution >= 0.6 is 0 Å². The molecule has 112 valence electrons. The SMILES string of the molecule is COC1CCCC1n1c(C)cc2c1CC(C)(C)CC2O.